The summed E-state index contributed by atoms with van der Waals surface area (Å²) < 4.78 is 4.38. The fourth-order valence-electron chi connectivity index (χ4n) is 3.70. The highest BCUT2D eigenvalue weighted by molar-refractivity contribution is 5.87. The van der Waals surface area contributed by atoms with E-state index >= 15 is 0 Å². The van der Waals surface area contributed by atoms with Gasteiger partial charge in [0.15, 0.2) is 0 Å². The van der Waals surface area contributed by atoms with E-state index in [1.807, 2.05) is 24.5 Å². The largest absolute Gasteiger partial charge is 0.333 e. The lowest BCUT2D eigenvalue weighted by atomic mass is 10.2. The van der Waals surface area contributed by atoms with Gasteiger partial charge in [0.05, 0.1) is 24.1 Å². The smallest absolute Gasteiger partial charge is 0.138 e. The summed E-state index contributed by atoms with van der Waals surface area (Å²) in [4.78, 5) is 13.6. The van der Waals surface area contributed by atoms with Crippen LogP contribution in [-0.4, -0.2) is 23.9 Å². The van der Waals surface area contributed by atoms with E-state index in [0.717, 1.165) is 39.5 Å². The number of rotatable bonds is 4. The minimum Gasteiger partial charge on any atom is -0.333 e. The second kappa shape index (κ2) is 7.36. The minimum atomic E-state index is 0. The van der Waals surface area contributed by atoms with Crippen LogP contribution in [0.4, 0.5) is 0 Å². The van der Waals surface area contributed by atoms with Gasteiger partial charge in [0.1, 0.15) is 11.3 Å². The van der Waals surface area contributed by atoms with Crippen molar-refractivity contribution in [3.63, 3.8) is 0 Å². The molecule has 0 N–H and O–H groups in total. The average Bonchev–Trinajstić information content (AvgIpc) is 3.26. The van der Waals surface area contributed by atoms with Gasteiger partial charge in [-0.2, -0.15) is 0 Å². The van der Waals surface area contributed by atoms with E-state index in [1.165, 1.54) is 5.39 Å². The Kier molecular flexibility index (Phi) is 4.72. The molecule has 0 spiro atoms. The molecule has 0 fully saturated rings. The number of imidazole rings is 1. The Hall–Kier alpha value is -3.73. The summed E-state index contributed by atoms with van der Waals surface area (Å²) in [6.07, 6.45) is 9.13. The van der Waals surface area contributed by atoms with Crippen LogP contribution in [0.2, 0.25) is 0 Å². The van der Waals surface area contributed by atoms with Crippen LogP contribution in [0, 0.1) is 6.92 Å². The molecule has 144 valence electrons. The summed E-state index contributed by atoms with van der Waals surface area (Å²) in [5, 5.41) is 1.18. The Morgan fingerprint density at radius 2 is 1.97 bits per heavy atom. The van der Waals surface area contributed by atoms with Crippen molar-refractivity contribution < 1.29 is 0 Å². The van der Waals surface area contributed by atoms with E-state index in [9.17, 15) is 0 Å². The third-order valence-corrected chi connectivity index (χ3v) is 5.11. The fourth-order valence-corrected chi connectivity index (χ4v) is 3.70. The van der Waals surface area contributed by atoms with Crippen LogP contribution in [0.15, 0.2) is 73.8 Å². The number of nitrogens with zero attached hydrogens (tertiary/aromatic N) is 5. The maximum atomic E-state index is 4.95. The second-order valence-electron chi connectivity index (χ2n) is 6.81. The number of hydrogen-bond donors (Lipinski definition) is 0. The lowest BCUT2D eigenvalue weighted by molar-refractivity contribution is 0.804. The van der Waals surface area contributed by atoms with E-state index < -0.39 is 0 Å². The quantitative estimate of drug-likeness (QED) is 0.420. The maximum Gasteiger partial charge on any atom is 0.138 e. The molecule has 5 rings (SSSR count). The van der Waals surface area contributed by atoms with Crippen molar-refractivity contribution >= 4 is 22.6 Å². The van der Waals surface area contributed by atoms with Gasteiger partial charge >= 0.3 is 0 Å². The molecular formula is C24H23N5. The predicted octanol–water partition coefficient (Wildman–Crippen LogP) is 5.38. The molecule has 0 atom stereocenters. The van der Waals surface area contributed by atoms with E-state index in [0.29, 0.717) is 6.54 Å². The van der Waals surface area contributed by atoms with Gasteiger partial charge in [-0.05, 0) is 36.8 Å². The minimum absolute atomic E-state index is 0. The third-order valence-electron chi connectivity index (χ3n) is 5.11. The molecular weight excluding hydrogens is 358 g/mol. The van der Waals surface area contributed by atoms with Crippen molar-refractivity contribution in [2.45, 2.75) is 20.9 Å². The molecule has 0 saturated heterocycles. The highest BCUT2D eigenvalue weighted by Crippen LogP contribution is 2.31. The first-order valence-corrected chi connectivity index (χ1v) is 9.19. The summed E-state index contributed by atoms with van der Waals surface area (Å²) >= 11 is 0. The Bertz CT molecular complexity index is 1310. The first-order chi connectivity index (χ1) is 13.7. The number of fused-ring (bicyclic) bond motifs is 2. The van der Waals surface area contributed by atoms with Crippen LogP contribution < -0.4 is 0 Å². The van der Waals surface area contributed by atoms with E-state index in [1.54, 1.807) is 12.4 Å². The zero-order valence-electron chi connectivity index (χ0n) is 15.6. The summed E-state index contributed by atoms with van der Waals surface area (Å²) in [6, 6.07) is 14.7. The molecule has 5 aromatic rings. The number of aromatic nitrogens is 5. The van der Waals surface area contributed by atoms with E-state index in [2.05, 4.69) is 68.8 Å². The monoisotopic (exact) mass is 381 g/mol. The SMILES string of the molecule is C.C=Cc1ccn2c(C)c(-c3cc4ccccc4n3Cc3cnccn3)nc2c1. The van der Waals surface area contributed by atoms with E-state index in [4.69, 9.17) is 4.98 Å². The first kappa shape index (κ1) is 18.6. The van der Waals surface area contributed by atoms with Crippen molar-refractivity contribution in [1.82, 2.24) is 23.9 Å². The molecule has 0 aliphatic carbocycles. The van der Waals surface area contributed by atoms with Gasteiger partial charge in [0.25, 0.3) is 0 Å². The highest BCUT2D eigenvalue weighted by atomic mass is 15.1. The zero-order chi connectivity index (χ0) is 19.1. The zero-order valence-corrected chi connectivity index (χ0v) is 15.6. The van der Waals surface area contributed by atoms with Crippen molar-refractivity contribution in [2.75, 3.05) is 0 Å². The molecule has 0 unspecified atom stereocenters. The molecule has 29 heavy (non-hydrogen) atoms. The molecule has 0 amide bonds. The molecule has 0 radical (unpaired) electrons. The van der Waals surface area contributed by atoms with Crippen LogP contribution in [0.3, 0.4) is 0 Å². The van der Waals surface area contributed by atoms with Gasteiger partial charge in [-0.25, -0.2) is 4.98 Å². The van der Waals surface area contributed by atoms with Crippen LogP contribution in [-0.2, 0) is 6.54 Å². The van der Waals surface area contributed by atoms with Gasteiger partial charge in [-0.3, -0.25) is 9.97 Å². The highest BCUT2D eigenvalue weighted by Gasteiger charge is 2.17. The van der Waals surface area contributed by atoms with Crippen LogP contribution in [0.1, 0.15) is 24.4 Å². The standard InChI is InChI=1S/C23H19N5.CH4/c1-3-17-8-11-27-16(2)23(26-22(27)12-17)21-13-18-6-4-5-7-20(18)28(21)15-19-14-24-9-10-25-19;/h3-14H,1,15H2,2H3;1H4. The average molecular weight is 381 g/mol. The number of hydrogen-bond acceptors (Lipinski definition) is 3. The summed E-state index contributed by atoms with van der Waals surface area (Å²) in [5.41, 5.74) is 7.21. The molecule has 4 heterocycles. The van der Waals surface area contributed by atoms with Gasteiger partial charge in [0.2, 0.25) is 0 Å². The topological polar surface area (TPSA) is 48.0 Å². The number of para-hydroxylation sites is 1. The van der Waals surface area contributed by atoms with Crippen molar-refractivity contribution in [1.29, 1.82) is 0 Å². The summed E-state index contributed by atoms with van der Waals surface area (Å²) in [7, 11) is 0. The van der Waals surface area contributed by atoms with Gasteiger partial charge < -0.3 is 8.97 Å². The first-order valence-electron chi connectivity index (χ1n) is 9.19. The number of aryl methyl sites for hydroxylation is 1. The van der Waals surface area contributed by atoms with Gasteiger partial charge in [0, 0.05) is 35.2 Å². The van der Waals surface area contributed by atoms with Gasteiger partial charge in [-0.1, -0.05) is 38.3 Å². The molecule has 0 bridgehead atoms. The molecule has 4 aromatic heterocycles. The number of pyridine rings is 1. The van der Waals surface area contributed by atoms with Crippen molar-refractivity contribution in [2.24, 2.45) is 0 Å². The van der Waals surface area contributed by atoms with Crippen molar-refractivity contribution in [3.8, 4) is 11.4 Å². The molecule has 5 nitrogen and oxygen atoms in total. The summed E-state index contributed by atoms with van der Waals surface area (Å²) in [5.74, 6) is 0. The Morgan fingerprint density at radius 3 is 2.76 bits per heavy atom. The Labute approximate surface area is 170 Å². The van der Waals surface area contributed by atoms with Crippen molar-refractivity contribution in [3.05, 3.63) is 90.8 Å². The number of benzene rings is 1. The van der Waals surface area contributed by atoms with Gasteiger partial charge in [-0.15, -0.1) is 0 Å². The molecule has 0 aliphatic rings. The van der Waals surface area contributed by atoms with E-state index in [-0.39, 0.29) is 7.43 Å². The fraction of sp³-hybridized carbons (Fsp3) is 0.125. The lowest BCUT2D eigenvalue weighted by Gasteiger charge is -2.09. The molecule has 0 saturated carbocycles. The van der Waals surface area contributed by atoms with Crippen LogP contribution >= 0.6 is 0 Å². The predicted molar refractivity (Wildman–Crippen MR) is 119 cm³/mol. The normalized spacial score (nSPS) is 10.9. The third kappa shape index (κ3) is 3.10. The molecule has 5 heteroatoms. The van der Waals surface area contributed by atoms with Crippen LogP contribution in [0.5, 0.6) is 0 Å². The Morgan fingerprint density at radius 1 is 1.10 bits per heavy atom. The summed E-state index contributed by atoms with van der Waals surface area (Å²) in [6.45, 7) is 6.61. The lowest BCUT2D eigenvalue weighted by Crippen LogP contribution is -2.04. The molecule has 0 aliphatic heterocycles. The molecule has 1 aromatic carbocycles. The van der Waals surface area contributed by atoms with Crippen LogP contribution in [0.25, 0.3) is 34.0 Å². The Balaban J connectivity index is 0.00000205. The second-order valence-corrected chi connectivity index (χ2v) is 6.81. The maximum absolute atomic E-state index is 4.95.